The van der Waals surface area contributed by atoms with Crippen LogP contribution in [0.4, 0.5) is 5.82 Å². The minimum atomic E-state index is -0.128. The molecule has 1 N–H and O–H groups in total. The first-order valence-corrected chi connectivity index (χ1v) is 9.16. The van der Waals surface area contributed by atoms with E-state index >= 15 is 0 Å². The second kappa shape index (κ2) is 8.27. The highest BCUT2D eigenvalue weighted by atomic mass is 16.5. The number of hydrogen-bond acceptors (Lipinski definition) is 5. The Morgan fingerprint density at radius 2 is 2.12 bits per heavy atom. The number of nitrogens with zero attached hydrogens (tertiary/aromatic N) is 3. The largest absolute Gasteiger partial charge is 0.378 e. The smallest absolute Gasteiger partial charge is 0.256 e. The molecule has 0 radical (unpaired) electrons. The van der Waals surface area contributed by atoms with E-state index in [-0.39, 0.29) is 11.9 Å². The van der Waals surface area contributed by atoms with Crippen LogP contribution in [0.15, 0.2) is 30.5 Å². The van der Waals surface area contributed by atoms with Crippen molar-refractivity contribution in [2.24, 2.45) is 0 Å². The molecule has 1 amide bonds. The predicted molar refractivity (Wildman–Crippen MR) is 102 cm³/mol. The van der Waals surface area contributed by atoms with Gasteiger partial charge in [0.25, 0.3) is 5.91 Å². The fourth-order valence-electron chi connectivity index (χ4n) is 2.88. The summed E-state index contributed by atoms with van der Waals surface area (Å²) in [5, 5.41) is 3.02. The van der Waals surface area contributed by atoms with Crippen molar-refractivity contribution in [3.8, 4) is 11.4 Å². The Labute approximate surface area is 154 Å². The van der Waals surface area contributed by atoms with E-state index in [0.29, 0.717) is 43.5 Å². The summed E-state index contributed by atoms with van der Waals surface area (Å²) in [6.45, 7) is 8.79. The van der Waals surface area contributed by atoms with Crippen molar-refractivity contribution in [2.75, 3.05) is 31.2 Å². The number of amides is 1. The average Bonchev–Trinajstić information content (AvgIpc) is 2.68. The fraction of sp³-hybridized carbons (Fsp3) is 0.450. The molecule has 1 saturated heterocycles. The molecule has 2 aromatic rings. The molecule has 6 heteroatoms. The second-order valence-electron chi connectivity index (χ2n) is 6.68. The van der Waals surface area contributed by atoms with Crippen LogP contribution in [0.2, 0.25) is 0 Å². The molecule has 0 bridgehead atoms. The third-order valence-electron chi connectivity index (χ3n) is 4.59. The number of nitrogens with one attached hydrogen (secondary N) is 1. The average molecular weight is 354 g/mol. The lowest BCUT2D eigenvalue weighted by Gasteiger charge is -2.29. The van der Waals surface area contributed by atoms with Gasteiger partial charge in [0.05, 0.1) is 13.2 Å². The number of carbonyl (C=O) groups is 1. The van der Waals surface area contributed by atoms with Crippen LogP contribution in [0.1, 0.15) is 36.2 Å². The summed E-state index contributed by atoms with van der Waals surface area (Å²) in [4.78, 5) is 24.1. The van der Waals surface area contributed by atoms with Crippen molar-refractivity contribution >= 4 is 11.7 Å². The molecule has 6 nitrogen and oxygen atoms in total. The van der Waals surface area contributed by atoms with Crippen molar-refractivity contribution in [1.82, 2.24) is 15.3 Å². The summed E-state index contributed by atoms with van der Waals surface area (Å²) >= 11 is 0. The Bertz CT molecular complexity index is 772. The van der Waals surface area contributed by atoms with Gasteiger partial charge in [-0.15, -0.1) is 0 Å². The third kappa shape index (κ3) is 4.19. The maximum atomic E-state index is 12.7. The van der Waals surface area contributed by atoms with Crippen molar-refractivity contribution in [3.05, 3.63) is 41.6 Å². The van der Waals surface area contributed by atoms with Gasteiger partial charge in [0.15, 0.2) is 5.82 Å². The highest BCUT2D eigenvalue weighted by Gasteiger charge is 2.22. The summed E-state index contributed by atoms with van der Waals surface area (Å²) in [7, 11) is 0. The zero-order valence-electron chi connectivity index (χ0n) is 15.7. The molecular weight excluding hydrogens is 328 g/mol. The minimum absolute atomic E-state index is 0.108. The molecule has 0 saturated carbocycles. The van der Waals surface area contributed by atoms with Gasteiger partial charge >= 0.3 is 0 Å². The van der Waals surface area contributed by atoms with Gasteiger partial charge in [-0.05, 0) is 26.3 Å². The van der Waals surface area contributed by atoms with E-state index in [4.69, 9.17) is 9.72 Å². The van der Waals surface area contributed by atoms with Crippen LogP contribution in [0.3, 0.4) is 0 Å². The first-order valence-electron chi connectivity index (χ1n) is 9.16. The van der Waals surface area contributed by atoms with Gasteiger partial charge in [0.2, 0.25) is 0 Å². The van der Waals surface area contributed by atoms with Crippen molar-refractivity contribution in [1.29, 1.82) is 0 Å². The summed E-state index contributed by atoms with van der Waals surface area (Å²) in [5.74, 6) is 1.19. The number of morpholine rings is 1. The van der Waals surface area contributed by atoms with Crippen molar-refractivity contribution in [2.45, 2.75) is 33.2 Å². The number of carbonyl (C=O) groups excluding carboxylic acids is 1. The van der Waals surface area contributed by atoms with Crippen LogP contribution in [-0.2, 0) is 4.74 Å². The van der Waals surface area contributed by atoms with Gasteiger partial charge in [0, 0.05) is 30.9 Å². The molecule has 1 aliphatic rings. The Kier molecular flexibility index (Phi) is 5.83. The van der Waals surface area contributed by atoms with Gasteiger partial charge in [-0.2, -0.15) is 0 Å². The molecule has 1 atom stereocenters. The maximum Gasteiger partial charge on any atom is 0.256 e. The molecule has 1 fully saturated rings. The van der Waals surface area contributed by atoms with Crippen LogP contribution in [-0.4, -0.2) is 48.2 Å². The van der Waals surface area contributed by atoms with Crippen molar-refractivity contribution in [3.63, 3.8) is 0 Å². The molecule has 3 rings (SSSR count). The molecule has 0 aliphatic carbocycles. The number of aryl methyl sites for hydroxylation is 1. The maximum absolute atomic E-state index is 12.7. The number of anilines is 1. The van der Waals surface area contributed by atoms with Crippen LogP contribution in [0.25, 0.3) is 11.4 Å². The Morgan fingerprint density at radius 3 is 2.81 bits per heavy atom. The number of aromatic nitrogens is 2. The quantitative estimate of drug-likeness (QED) is 0.894. The standard InChI is InChI=1S/C20H26N4O2/c1-4-15(3)22-20(25)17-13-21-18(16-7-5-6-14(2)12-16)23-19(17)24-8-10-26-11-9-24/h5-7,12-13,15H,4,8-11H2,1-3H3,(H,22,25). The van der Waals surface area contributed by atoms with E-state index in [1.54, 1.807) is 6.20 Å². The highest BCUT2D eigenvalue weighted by Crippen LogP contribution is 2.24. The van der Waals surface area contributed by atoms with Crippen LogP contribution in [0, 0.1) is 6.92 Å². The van der Waals surface area contributed by atoms with Gasteiger partial charge in [-0.25, -0.2) is 9.97 Å². The van der Waals surface area contributed by atoms with E-state index in [9.17, 15) is 4.79 Å². The SMILES string of the molecule is CCC(C)NC(=O)c1cnc(-c2cccc(C)c2)nc1N1CCOCC1. The van der Waals surface area contributed by atoms with E-state index in [0.717, 1.165) is 17.5 Å². The fourth-order valence-corrected chi connectivity index (χ4v) is 2.88. The van der Waals surface area contributed by atoms with Gasteiger partial charge < -0.3 is 15.0 Å². The first-order chi connectivity index (χ1) is 12.6. The van der Waals surface area contributed by atoms with E-state index in [1.165, 1.54) is 0 Å². The molecule has 0 spiro atoms. The predicted octanol–water partition coefficient (Wildman–Crippen LogP) is 2.82. The Hall–Kier alpha value is -2.47. The molecule has 1 aromatic carbocycles. The summed E-state index contributed by atoms with van der Waals surface area (Å²) in [6, 6.07) is 8.19. The van der Waals surface area contributed by atoms with Gasteiger partial charge in [-0.3, -0.25) is 4.79 Å². The van der Waals surface area contributed by atoms with Gasteiger partial charge in [-0.1, -0.05) is 30.7 Å². The molecule has 2 heterocycles. The minimum Gasteiger partial charge on any atom is -0.378 e. The second-order valence-corrected chi connectivity index (χ2v) is 6.68. The molecule has 26 heavy (non-hydrogen) atoms. The number of benzene rings is 1. The lowest BCUT2D eigenvalue weighted by molar-refractivity contribution is 0.0937. The van der Waals surface area contributed by atoms with E-state index in [2.05, 4.69) is 21.3 Å². The molecular formula is C20H26N4O2. The number of rotatable bonds is 5. The molecule has 1 unspecified atom stereocenters. The zero-order valence-corrected chi connectivity index (χ0v) is 15.7. The lowest BCUT2D eigenvalue weighted by atomic mass is 10.1. The third-order valence-corrected chi connectivity index (χ3v) is 4.59. The topological polar surface area (TPSA) is 67.4 Å². The van der Waals surface area contributed by atoms with Crippen LogP contribution >= 0.6 is 0 Å². The zero-order chi connectivity index (χ0) is 18.5. The Morgan fingerprint density at radius 1 is 1.35 bits per heavy atom. The molecule has 138 valence electrons. The van der Waals surface area contributed by atoms with Crippen molar-refractivity contribution < 1.29 is 9.53 Å². The normalized spacial score (nSPS) is 15.6. The van der Waals surface area contributed by atoms with Crippen LogP contribution in [0.5, 0.6) is 0 Å². The summed E-state index contributed by atoms with van der Waals surface area (Å²) in [5.41, 5.74) is 2.62. The van der Waals surface area contributed by atoms with E-state index in [1.807, 2.05) is 39.0 Å². The van der Waals surface area contributed by atoms with Gasteiger partial charge in [0.1, 0.15) is 11.4 Å². The molecule has 1 aliphatic heterocycles. The Balaban J connectivity index is 1.99. The monoisotopic (exact) mass is 354 g/mol. The van der Waals surface area contributed by atoms with E-state index < -0.39 is 0 Å². The lowest BCUT2D eigenvalue weighted by Crippen LogP contribution is -2.39. The summed E-state index contributed by atoms with van der Waals surface area (Å²) < 4.78 is 5.45. The summed E-state index contributed by atoms with van der Waals surface area (Å²) in [6.07, 6.45) is 2.52. The highest BCUT2D eigenvalue weighted by molar-refractivity contribution is 5.99. The molecule has 1 aromatic heterocycles. The number of hydrogen-bond donors (Lipinski definition) is 1. The first kappa shape index (κ1) is 18.3. The van der Waals surface area contributed by atoms with Crippen LogP contribution < -0.4 is 10.2 Å². The number of ether oxygens (including phenoxy) is 1.